The van der Waals surface area contributed by atoms with Crippen molar-refractivity contribution in [1.82, 2.24) is 9.55 Å². The maximum absolute atomic E-state index is 12.6. The second kappa shape index (κ2) is 9.05. The van der Waals surface area contributed by atoms with Gasteiger partial charge in [0.05, 0.1) is 17.9 Å². The van der Waals surface area contributed by atoms with Gasteiger partial charge in [0.15, 0.2) is 5.16 Å². The molecule has 1 aromatic carbocycles. The first-order valence-electron chi connectivity index (χ1n) is 8.76. The van der Waals surface area contributed by atoms with Gasteiger partial charge in [-0.1, -0.05) is 18.7 Å². The fourth-order valence-electron chi connectivity index (χ4n) is 2.58. The number of hydrogen-bond acceptors (Lipinski definition) is 6. The van der Waals surface area contributed by atoms with E-state index < -0.39 is 0 Å². The molecule has 0 atom stereocenters. The van der Waals surface area contributed by atoms with Crippen LogP contribution in [0.15, 0.2) is 45.7 Å². The predicted molar refractivity (Wildman–Crippen MR) is 111 cm³/mol. The fraction of sp³-hybridized carbons (Fsp3) is 0.316. The average Bonchev–Trinajstić information content (AvgIpc) is 3.13. The fourth-order valence-corrected chi connectivity index (χ4v) is 4.19. The molecule has 142 valence electrons. The Morgan fingerprint density at radius 2 is 2.04 bits per heavy atom. The van der Waals surface area contributed by atoms with E-state index in [1.54, 1.807) is 16.7 Å². The molecule has 8 heteroatoms. The highest BCUT2D eigenvalue weighted by Gasteiger charge is 2.14. The molecule has 3 aromatic rings. The monoisotopic (exact) mass is 403 g/mol. The maximum Gasteiger partial charge on any atom is 0.272 e. The van der Waals surface area contributed by atoms with Crippen LogP contribution < -0.4 is 15.6 Å². The molecule has 3 rings (SSSR count). The molecule has 0 saturated carbocycles. The Morgan fingerprint density at radius 1 is 1.26 bits per heavy atom. The van der Waals surface area contributed by atoms with Crippen molar-refractivity contribution in [1.29, 1.82) is 0 Å². The zero-order valence-corrected chi connectivity index (χ0v) is 16.9. The van der Waals surface area contributed by atoms with Gasteiger partial charge in [-0.3, -0.25) is 14.2 Å². The second-order valence-corrected chi connectivity index (χ2v) is 7.64. The number of fused-ring (bicyclic) bond motifs is 1. The Hall–Kier alpha value is -2.32. The highest BCUT2D eigenvalue weighted by molar-refractivity contribution is 7.99. The third-order valence-corrected chi connectivity index (χ3v) is 5.63. The molecule has 0 aliphatic carbocycles. The van der Waals surface area contributed by atoms with Crippen molar-refractivity contribution in [2.24, 2.45) is 0 Å². The van der Waals surface area contributed by atoms with Crippen LogP contribution in [0, 0.1) is 0 Å². The number of carbonyl (C=O) groups is 1. The van der Waals surface area contributed by atoms with Crippen molar-refractivity contribution in [3.05, 3.63) is 46.1 Å². The van der Waals surface area contributed by atoms with Crippen molar-refractivity contribution in [2.45, 2.75) is 32.0 Å². The number of thiophene rings is 1. The van der Waals surface area contributed by atoms with E-state index in [0.29, 0.717) is 34.2 Å². The molecule has 0 fully saturated rings. The molecule has 6 nitrogen and oxygen atoms in total. The standard InChI is InChI=1S/C19H21N3O3S2/c1-3-10-22-18(24)17-15(9-11-26-17)21-19(22)27-12-16(23)20-13-5-7-14(8-6-13)25-4-2/h5-9,11H,3-4,10,12H2,1-2H3,(H,20,23). The van der Waals surface area contributed by atoms with Gasteiger partial charge in [0.25, 0.3) is 5.56 Å². The summed E-state index contributed by atoms with van der Waals surface area (Å²) in [6.45, 7) is 5.12. The summed E-state index contributed by atoms with van der Waals surface area (Å²) in [6.07, 6.45) is 0.824. The normalized spacial score (nSPS) is 10.9. The van der Waals surface area contributed by atoms with E-state index in [0.717, 1.165) is 12.2 Å². The molecular weight excluding hydrogens is 382 g/mol. The quantitative estimate of drug-likeness (QED) is 0.455. The summed E-state index contributed by atoms with van der Waals surface area (Å²) >= 11 is 2.68. The van der Waals surface area contributed by atoms with Crippen LogP contribution in [-0.2, 0) is 11.3 Å². The van der Waals surface area contributed by atoms with E-state index in [-0.39, 0.29) is 17.2 Å². The van der Waals surface area contributed by atoms with E-state index in [4.69, 9.17) is 4.74 Å². The lowest BCUT2D eigenvalue weighted by Crippen LogP contribution is -2.23. The number of hydrogen-bond donors (Lipinski definition) is 1. The molecule has 0 radical (unpaired) electrons. The number of thioether (sulfide) groups is 1. The van der Waals surface area contributed by atoms with Gasteiger partial charge in [0.2, 0.25) is 5.91 Å². The van der Waals surface area contributed by atoms with E-state index in [9.17, 15) is 9.59 Å². The molecule has 1 N–H and O–H groups in total. The van der Waals surface area contributed by atoms with Crippen LogP contribution in [0.4, 0.5) is 5.69 Å². The Bertz CT molecular complexity index is 980. The lowest BCUT2D eigenvalue weighted by molar-refractivity contribution is -0.113. The molecule has 0 saturated heterocycles. The molecule has 0 unspecified atom stereocenters. The van der Waals surface area contributed by atoms with Crippen LogP contribution in [0.5, 0.6) is 5.75 Å². The number of nitrogens with zero attached hydrogens (tertiary/aromatic N) is 2. The Morgan fingerprint density at radius 3 is 2.74 bits per heavy atom. The van der Waals surface area contributed by atoms with E-state index >= 15 is 0 Å². The number of amides is 1. The topological polar surface area (TPSA) is 73.2 Å². The van der Waals surface area contributed by atoms with E-state index in [1.807, 2.05) is 37.4 Å². The first-order valence-corrected chi connectivity index (χ1v) is 10.6. The van der Waals surface area contributed by atoms with Crippen LogP contribution in [0.3, 0.4) is 0 Å². The Balaban J connectivity index is 1.69. The lowest BCUT2D eigenvalue weighted by atomic mass is 10.3. The summed E-state index contributed by atoms with van der Waals surface area (Å²) < 4.78 is 7.71. The third kappa shape index (κ3) is 4.70. The number of carbonyl (C=O) groups excluding carboxylic acids is 1. The van der Waals surface area contributed by atoms with Crippen LogP contribution in [0.1, 0.15) is 20.3 Å². The van der Waals surface area contributed by atoms with Crippen molar-refractivity contribution in [3.63, 3.8) is 0 Å². The minimum Gasteiger partial charge on any atom is -0.494 e. The van der Waals surface area contributed by atoms with Crippen molar-refractivity contribution in [3.8, 4) is 5.75 Å². The first-order chi connectivity index (χ1) is 13.1. The number of aromatic nitrogens is 2. The molecule has 2 aromatic heterocycles. The smallest absolute Gasteiger partial charge is 0.272 e. The van der Waals surface area contributed by atoms with Crippen LogP contribution >= 0.6 is 23.1 Å². The summed E-state index contributed by atoms with van der Waals surface area (Å²) in [4.78, 5) is 29.5. The second-order valence-electron chi connectivity index (χ2n) is 5.78. The van der Waals surface area contributed by atoms with Crippen molar-refractivity contribution in [2.75, 3.05) is 17.7 Å². The third-order valence-electron chi connectivity index (χ3n) is 3.76. The highest BCUT2D eigenvalue weighted by atomic mass is 32.2. The predicted octanol–water partition coefficient (Wildman–Crippen LogP) is 4.00. The van der Waals surface area contributed by atoms with Gasteiger partial charge in [-0.2, -0.15) is 0 Å². The first kappa shape index (κ1) is 19.4. The van der Waals surface area contributed by atoms with E-state index in [1.165, 1.54) is 23.1 Å². The number of benzene rings is 1. The molecule has 0 aliphatic rings. The average molecular weight is 404 g/mol. The maximum atomic E-state index is 12.6. The molecule has 1 amide bonds. The summed E-state index contributed by atoms with van der Waals surface area (Å²) in [5.41, 5.74) is 1.36. The minimum atomic E-state index is -0.146. The van der Waals surface area contributed by atoms with Crippen LogP contribution in [0.2, 0.25) is 0 Å². The number of rotatable bonds is 8. The van der Waals surface area contributed by atoms with Gasteiger partial charge in [0, 0.05) is 12.2 Å². The Labute approximate surface area is 165 Å². The SMILES string of the molecule is CCCn1c(SCC(=O)Nc2ccc(OCC)cc2)nc2ccsc2c1=O. The number of ether oxygens (including phenoxy) is 1. The number of anilines is 1. The number of nitrogens with one attached hydrogen (secondary N) is 1. The van der Waals surface area contributed by atoms with Crippen LogP contribution in [-0.4, -0.2) is 27.8 Å². The Kier molecular flexibility index (Phi) is 6.52. The summed E-state index contributed by atoms with van der Waals surface area (Å²) in [7, 11) is 0. The largest absolute Gasteiger partial charge is 0.494 e. The summed E-state index contributed by atoms with van der Waals surface area (Å²) in [5.74, 6) is 0.799. The van der Waals surface area contributed by atoms with Gasteiger partial charge in [0.1, 0.15) is 10.4 Å². The minimum absolute atomic E-state index is 0.0359. The molecule has 0 aliphatic heterocycles. The van der Waals surface area contributed by atoms with Gasteiger partial charge >= 0.3 is 0 Å². The summed E-state index contributed by atoms with van der Waals surface area (Å²) in [6, 6.07) is 9.07. The molecule has 2 heterocycles. The zero-order valence-electron chi connectivity index (χ0n) is 15.2. The molecule has 27 heavy (non-hydrogen) atoms. The highest BCUT2D eigenvalue weighted by Crippen LogP contribution is 2.22. The van der Waals surface area contributed by atoms with Crippen molar-refractivity contribution >= 4 is 44.9 Å². The van der Waals surface area contributed by atoms with Gasteiger partial charge in [-0.15, -0.1) is 11.3 Å². The molecular formula is C19H21N3O3S2. The zero-order chi connectivity index (χ0) is 19.2. The van der Waals surface area contributed by atoms with Gasteiger partial charge < -0.3 is 10.1 Å². The van der Waals surface area contributed by atoms with Crippen LogP contribution in [0.25, 0.3) is 10.2 Å². The van der Waals surface area contributed by atoms with Crippen molar-refractivity contribution < 1.29 is 9.53 Å². The molecule has 0 spiro atoms. The van der Waals surface area contributed by atoms with Gasteiger partial charge in [-0.05, 0) is 49.1 Å². The van der Waals surface area contributed by atoms with E-state index in [2.05, 4.69) is 10.3 Å². The van der Waals surface area contributed by atoms with Gasteiger partial charge in [-0.25, -0.2) is 4.98 Å². The summed E-state index contributed by atoms with van der Waals surface area (Å²) in [5, 5.41) is 5.29. The molecule has 0 bridgehead atoms. The lowest BCUT2D eigenvalue weighted by Gasteiger charge is -2.11.